The molecule has 24 heavy (non-hydrogen) atoms. The minimum Gasteiger partial charge on any atom is -0.481 e. The third kappa shape index (κ3) is 2.25. The number of carbonyl (C=O) groups excluding carboxylic acids is 1. The Morgan fingerprint density at radius 1 is 1.25 bits per heavy atom. The molecular weight excluding hydrogens is 306 g/mol. The van der Waals surface area contributed by atoms with Gasteiger partial charge in [-0.2, -0.15) is 0 Å². The molecule has 0 bridgehead atoms. The fourth-order valence-corrected chi connectivity index (χ4v) is 4.90. The van der Waals surface area contributed by atoms with E-state index in [9.17, 15) is 14.7 Å². The Morgan fingerprint density at radius 2 is 2.00 bits per heavy atom. The third-order valence-corrected chi connectivity index (χ3v) is 5.95. The van der Waals surface area contributed by atoms with Crippen LogP contribution in [0.4, 0.5) is 0 Å². The number of benzene rings is 1. The van der Waals surface area contributed by atoms with Crippen LogP contribution >= 0.6 is 0 Å². The van der Waals surface area contributed by atoms with Crippen molar-refractivity contribution in [2.24, 2.45) is 0 Å². The molecule has 128 valence electrons. The van der Waals surface area contributed by atoms with Crippen molar-refractivity contribution < 1.29 is 19.4 Å². The van der Waals surface area contributed by atoms with Crippen LogP contribution in [-0.4, -0.2) is 46.7 Å². The van der Waals surface area contributed by atoms with E-state index in [4.69, 9.17) is 4.74 Å². The van der Waals surface area contributed by atoms with Crippen molar-refractivity contribution in [1.29, 1.82) is 0 Å². The summed E-state index contributed by atoms with van der Waals surface area (Å²) < 4.78 is 5.75. The number of nitrogens with zero attached hydrogens (tertiary/aromatic N) is 1. The molecule has 2 fully saturated rings. The van der Waals surface area contributed by atoms with E-state index >= 15 is 0 Å². The van der Waals surface area contributed by atoms with Gasteiger partial charge in [0.1, 0.15) is 5.92 Å². The van der Waals surface area contributed by atoms with Crippen LogP contribution in [0, 0.1) is 0 Å². The summed E-state index contributed by atoms with van der Waals surface area (Å²) in [6, 6.07) is 7.22. The summed E-state index contributed by atoms with van der Waals surface area (Å²) in [5.74, 6) is -1.50. The average molecular weight is 329 g/mol. The zero-order valence-electron chi connectivity index (χ0n) is 13.7. The molecule has 0 aromatic heterocycles. The van der Waals surface area contributed by atoms with Crippen molar-refractivity contribution in [3.05, 3.63) is 35.4 Å². The first-order valence-electron chi connectivity index (χ1n) is 8.89. The fraction of sp³-hybridized carbons (Fsp3) is 0.579. The fourth-order valence-electron chi connectivity index (χ4n) is 4.90. The molecule has 1 aromatic rings. The molecule has 2 aliphatic heterocycles. The lowest BCUT2D eigenvalue weighted by Crippen LogP contribution is -2.60. The molecule has 5 nitrogen and oxygen atoms in total. The largest absolute Gasteiger partial charge is 0.481 e. The zero-order chi connectivity index (χ0) is 16.7. The monoisotopic (exact) mass is 329 g/mol. The van der Waals surface area contributed by atoms with E-state index < -0.39 is 17.4 Å². The number of aliphatic carboxylic acids is 1. The Kier molecular flexibility index (Phi) is 3.83. The molecule has 1 amide bonds. The van der Waals surface area contributed by atoms with Crippen LogP contribution in [0.1, 0.15) is 60.4 Å². The minimum atomic E-state index is -0.825. The lowest BCUT2D eigenvalue weighted by molar-refractivity contribution is -0.143. The van der Waals surface area contributed by atoms with Crippen LogP contribution in [0.2, 0.25) is 0 Å². The molecule has 1 saturated carbocycles. The first kappa shape index (κ1) is 15.6. The number of carboxylic acid groups (broad SMARTS) is 1. The van der Waals surface area contributed by atoms with Crippen molar-refractivity contribution in [3.8, 4) is 0 Å². The molecule has 1 aliphatic carbocycles. The molecule has 2 atom stereocenters. The zero-order valence-corrected chi connectivity index (χ0v) is 13.7. The van der Waals surface area contributed by atoms with E-state index in [1.807, 2.05) is 23.1 Å². The van der Waals surface area contributed by atoms with Crippen LogP contribution in [0.3, 0.4) is 0 Å². The Balaban J connectivity index is 1.81. The van der Waals surface area contributed by atoms with Gasteiger partial charge in [-0.05, 0) is 37.3 Å². The van der Waals surface area contributed by atoms with Gasteiger partial charge in [0.15, 0.2) is 0 Å². The van der Waals surface area contributed by atoms with E-state index in [0.29, 0.717) is 17.7 Å². The maximum absolute atomic E-state index is 13.2. The number of hydrogen-bond donors (Lipinski definition) is 1. The third-order valence-electron chi connectivity index (χ3n) is 5.95. The van der Waals surface area contributed by atoms with Gasteiger partial charge in [-0.15, -0.1) is 0 Å². The lowest BCUT2D eigenvalue weighted by atomic mass is 9.71. The highest BCUT2D eigenvalue weighted by Crippen LogP contribution is 2.50. The summed E-state index contributed by atoms with van der Waals surface area (Å²) in [7, 11) is 0. The summed E-state index contributed by atoms with van der Waals surface area (Å²) >= 11 is 0. The van der Waals surface area contributed by atoms with E-state index in [-0.39, 0.29) is 12.0 Å². The van der Waals surface area contributed by atoms with E-state index in [2.05, 4.69) is 0 Å². The summed E-state index contributed by atoms with van der Waals surface area (Å²) in [5.41, 5.74) is 0.629. The van der Waals surface area contributed by atoms with E-state index in [1.165, 1.54) is 0 Å². The van der Waals surface area contributed by atoms with Crippen LogP contribution in [0.5, 0.6) is 0 Å². The maximum atomic E-state index is 13.2. The Morgan fingerprint density at radius 3 is 2.67 bits per heavy atom. The van der Waals surface area contributed by atoms with Crippen molar-refractivity contribution >= 4 is 11.9 Å². The molecule has 0 unspecified atom stereocenters. The molecule has 1 aromatic carbocycles. The molecule has 3 aliphatic rings. The van der Waals surface area contributed by atoms with Gasteiger partial charge in [-0.3, -0.25) is 9.59 Å². The second-order valence-corrected chi connectivity index (χ2v) is 7.22. The average Bonchev–Trinajstić information content (AvgIpc) is 3.24. The molecule has 5 heteroatoms. The second kappa shape index (κ2) is 5.88. The number of carboxylic acids is 1. The lowest BCUT2D eigenvalue weighted by Gasteiger charge is -2.49. The molecule has 4 rings (SSSR count). The number of amides is 1. The van der Waals surface area contributed by atoms with Crippen molar-refractivity contribution in [1.82, 2.24) is 4.90 Å². The van der Waals surface area contributed by atoms with Crippen LogP contribution in [0.15, 0.2) is 24.3 Å². The van der Waals surface area contributed by atoms with E-state index in [0.717, 1.165) is 45.1 Å². The smallest absolute Gasteiger partial charge is 0.313 e. The quantitative estimate of drug-likeness (QED) is 0.926. The highest BCUT2D eigenvalue weighted by Gasteiger charge is 2.56. The minimum absolute atomic E-state index is 0.0273. The second-order valence-electron chi connectivity index (χ2n) is 7.22. The number of carbonyl (C=O) groups is 2. The van der Waals surface area contributed by atoms with Crippen molar-refractivity contribution in [3.63, 3.8) is 0 Å². The highest BCUT2D eigenvalue weighted by molar-refractivity contribution is 6.01. The number of hydrogen-bond acceptors (Lipinski definition) is 3. The van der Waals surface area contributed by atoms with Gasteiger partial charge in [-0.1, -0.05) is 31.0 Å². The standard InChI is InChI=1S/C19H23NO4/c21-17-15-8-2-1-7-14(15)16(18(22)23)19(9-3-4-10-19)20(17)12-13-6-5-11-24-13/h1-2,7-8,13,16H,3-6,9-12H2,(H,22,23)/t13-,16-/m0/s1. The first-order valence-corrected chi connectivity index (χ1v) is 8.89. The van der Waals surface area contributed by atoms with Crippen LogP contribution in [-0.2, 0) is 9.53 Å². The SMILES string of the molecule is O=C(O)[C@@H]1c2ccccc2C(=O)N(C[C@@H]2CCCO2)C12CCCC2. The van der Waals surface area contributed by atoms with Crippen LogP contribution < -0.4 is 0 Å². The van der Waals surface area contributed by atoms with Crippen molar-refractivity contribution in [2.45, 2.75) is 56.1 Å². The van der Waals surface area contributed by atoms with Gasteiger partial charge in [0.05, 0.1) is 11.6 Å². The molecule has 2 heterocycles. The number of ether oxygens (including phenoxy) is 1. The first-order chi connectivity index (χ1) is 11.6. The predicted molar refractivity (Wildman–Crippen MR) is 88.0 cm³/mol. The topological polar surface area (TPSA) is 66.8 Å². The Labute approximate surface area is 141 Å². The summed E-state index contributed by atoms with van der Waals surface area (Å²) in [6.07, 6.45) is 5.46. The Hall–Kier alpha value is -1.88. The predicted octanol–water partition coefficient (Wildman–Crippen LogP) is 2.80. The summed E-state index contributed by atoms with van der Waals surface area (Å²) in [6.45, 7) is 1.25. The maximum Gasteiger partial charge on any atom is 0.313 e. The molecule has 0 radical (unpaired) electrons. The summed E-state index contributed by atoms with van der Waals surface area (Å²) in [5, 5.41) is 10.0. The van der Waals surface area contributed by atoms with Gasteiger partial charge in [-0.25, -0.2) is 0 Å². The van der Waals surface area contributed by atoms with Gasteiger partial charge in [0.25, 0.3) is 5.91 Å². The van der Waals surface area contributed by atoms with Gasteiger partial charge < -0.3 is 14.7 Å². The normalized spacial score (nSPS) is 28.3. The van der Waals surface area contributed by atoms with Crippen LogP contribution in [0.25, 0.3) is 0 Å². The molecule has 1 spiro atoms. The molecule has 1 saturated heterocycles. The Bertz CT molecular complexity index is 659. The highest BCUT2D eigenvalue weighted by atomic mass is 16.5. The number of rotatable bonds is 3. The van der Waals surface area contributed by atoms with E-state index in [1.54, 1.807) is 6.07 Å². The summed E-state index contributed by atoms with van der Waals surface area (Å²) in [4.78, 5) is 27.3. The van der Waals surface area contributed by atoms with Gasteiger partial charge in [0.2, 0.25) is 0 Å². The molecular formula is C19H23NO4. The van der Waals surface area contributed by atoms with Gasteiger partial charge >= 0.3 is 5.97 Å². The van der Waals surface area contributed by atoms with Gasteiger partial charge in [0, 0.05) is 18.7 Å². The molecule has 1 N–H and O–H groups in total. The number of fused-ring (bicyclic) bond motifs is 1. The van der Waals surface area contributed by atoms with Crippen molar-refractivity contribution in [2.75, 3.05) is 13.2 Å².